The van der Waals surface area contributed by atoms with Crippen molar-refractivity contribution in [3.05, 3.63) is 23.2 Å². The summed E-state index contributed by atoms with van der Waals surface area (Å²) in [5, 5.41) is 6.99. The van der Waals surface area contributed by atoms with Crippen molar-refractivity contribution in [2.24, 2.45) is 13.0 Å². The molecule has 114 valence electrons. The molecule has 3 rings (SSSR count). The van der Waals surface area contributed by atoms with Crippen molar-refractivity contribution in [2.75, 3.05) is 5.73 Å². The molecule has 0 aliphatic heterocycles. The van der Waals surface area contributed by atoms with Crippen molar-refractivity contribution < 1.29 is 0 Å². The minimum absolute atomic E-state index is 0.225. The third-order valence-electron chi connectivity index (χ3n) is 4.72. The average Bonchev–Trinajstić information content (AvgIpc) is 3.12. The standard InChI is InChI=1S/C17H25N3S/c1-12(2)11-17(8-4-5-9-17)15-14(13-7-6-10-21-13)16(18)20(3)19-15/h6-7,10,12H,4-5,8-9,11,18H2,1-3H3. The molecule has 2 aromatic heterocycles. The number of rotatable bonds is 4. The molecule has 0 unspecified atom stereocenters. The van der Waals surface area contributed by atoms with Crippen LogP contribution in [0.3, 0.4) is 0 Å². The van der Waals surface area contributed by atoms with E-state index >= 15 is 0 Å². The van der Waals surface area contributed by atoms with E-state index in [4.69, 9.17) is 10.8 Å². The molecule has 0 radical (unpaired) electrons. The second-order valence-corrected chi connectivity index (χ2v) is 7.74. The van der Waals surface area contributed by atoms with Gasteiger partial charge < -0.3 is 5.73 Å². The predicted octanol–water partition coefficient (Wildman–Crippen LogP) is 4.59. The smallest absolute Gasteiger partial charge is 0.130 e. The number of thiophene rings is 1. The van der Waals surface area contributed by atoms with Gasteiger partial charge >= 0.3 is 0 Å². The molecular weight excluding hydrogens is 278 g/mol. The van der Waals surface area contributed by atoms with Crippen LogP contribution in [0, 0.1) is 5.92 Å². The van der Waals surface area contributed by atoms with E-state index in [1.54, 1.807) is 11.3 Å². The van der Waals surface area contributed by atoms with E-state index in [0.717, 1.165) is 5.82 Å². The van der Waals surface area contributed by atoms with E-state index in [-0.39, 0.29) is 5.41 Å². The summed E-state index contributed by atoms with van der Waals surface area (Å²) in [4.78, 5) is 1.26. The highest BCUT2D eigenvalue weighted by molar-refractivity contribution is 7.13. The van der Waals surface area contributed by atoms with Crippen LogP contribution in [0.1, 0.15) is 51.6 Å². The summed E-state index contributed by atoms with van der Waals surface area (Å²) < 4.78 is 1.87. The summed E-state index contributed by atoms with van der Waals surface area (Å²) in [7, 11) is 1.97. The van der Waals surface area contributed by atoms with E-state index < -0.39 is 0 Å². The first-order chi connectivity index (χ1) is 10.0. The van der Waals surface area contributed by atoms with Gasteiger partial charge in [-0.15, -0.1) is 11.3 Å². The van der Waals surface area contributed by atoms with Crippen molar-refractivity contribution >= 4 is 17.2 Å². The monoisotopic (exact) mass is 303 g/mol. The van der Waals surface area contributed by atoms with Gasteiger partial charge in [-0.3, -0.25) is 4.68 Å². The molecule has 0 bridgehead atoms. The van der Waals surface area contributed by atoms with E-state index in [1.807, 2.05) is 11.7 Å². The molecule has 4 heteroatoms. The first-order valence-corrected chi connectivity index (χ1v) is 8.78. The Morgan fingerprint density at radius 1 is 1.38 bits per heavy atom. The molecule has 0 spiro atoms. The quantitative estimate of drug-likeness (QED) is 0.898. The molecule has 0 saturated heterocycles. The fourth-order valence-corrected chi connectivity index (χ4v) is 4.72. The van der Waals surface area contributed by atoms with Crippen LogP contribution in [0.4, 0.5) is 5.82 Å². The van der Waals surface area contributed by atoms with Crippen molar-refractivity contribution in [1.82, 2.24) is 9.78 Å². The van der Waals surface area contributed by atoms with Gasteiger partial charge in [0.15, 0.2) is 0 Å². The van der Waals surface area contributed by atoms with Gasteiger partial charge in [0.1, 0.15) is 5.82 Å². The van der Waals surface area contributed by atoms with Crippen LogP contribution in [0.25, 0.3) is 10.4 Å². The lowest BCUT2D eigenvalue weighted by Gasteiger charge is -2.30. The zero-order valence-electron chi connectivity index (χ0n) is 13.2. The van der Waals surface area contributed by atoms with Gasteiger partial charge in [-0.1, -0.05) is 32.8 Å². The first kappa shape index (κ1) is 14.6. The summed E-state index contributed by atoms with van der Waals surface area (Å²) in [5.41, 5.74) is 9.02. The lowest BCUT2D eigenvalue weighted by molar-refractivity contribution is 0.336. The highest BCUT2D eigenvalue weighted by Gasteiger charge is 2.41. The lowest BCUT2D eigenvalue weighted by atomic mass is 9.74. The van der Waals surface area contributed by atoms with Gasteiger partial charge in [-0.2, -0.15) is 5.10 Å². The molecular formula is C17H25N3S. The van der Waals surface area contributed by atoms with Crippen LogP contribution >= 0.6 is 11.3 Å². The van der Waals surface area contributed by atoms with Crippen molar-refractivity contribution in [3.8, 4) is 10.4 Å². The fraction of sp³-hybridized carbons (Fsp3) is 0.588. The van der Waals surface area contributed by atoms with E-state index in [1.165, 1.54) is 48.2 Å². The van der Waals surface area contributed by atoms with Gasteiger partial charge in [0, 0.05) is 17.3 Å². The Labute approximate surface area is 131 Å². The maximum Gasteiger partial charge on any atom is 0.130 e. The van der Waals surface area contributed by atoms with Gasteiger partial charge in [0.05, 0.1) is 11.3 Å². The fourth-order valence-electron chi connectivity index (χ4n) is 3.94. The minimum Gasteiger partial charge on any atom is -0.383 e. The van der Waals surface area contributed by atoms with E-state index in [2.05, 4.69) is 31.4 Å². The molecule has 3 nitrogen and oxygen atoms in total. The van der Waals surface area contributed by atoms with Crippen molar-refractivity contribution in [3.63, 3.8) is 0 Å². The van der Waals surface area contributed by atoms with Gasteiger partial charge in [-0.05, 0) is 36.6 Å². The number of hydrogen-bond acceptors (Lipinski definition) is 3. The Kier molecular flexibility index (Phi) is 3.82. The first-order valence-electron chi connectivity index (χ1n) is 7.90. The third-order valence-corrected chi connectivity index (χ3v) is 5.61. The molecule has 1 saturated carbocycles. The molecule has 0 atom stereocenters. The molecule has 1 fully saturated rings. The largest absolute Gasteiger partial charge is 0.383 e. The Morgan fingerprint density at radius 3 is 2.67 bits per heavy atom. The Balaban J connectivity index is 2.15. The Morgan fingerprint density at radius 2 is 2.10 bits per heavy atom. The topological polar surface area (TPSA) is 43.8 Å². The van der Waals surface area contributed by atoms with Crippen molar-refractivity contribution in [2.45, 2.75) is 51.4 Å². The van der Waals surface area contributed by atoms with E-state index in [9.17, 15) is 0 Å². The SMILES string of the molecule is CC(C)CC1(c2nn(C)c(N)c2-c2cccs2)CCCC1. The summed E-state index contributed by atoms with van der Waals surface area (Å²) >= 11 is 1.76. The molecule has 2 N–H and O–H groups in total. The maximum absolute atomic E-state index is 6.36. The lowest BCUT2D eigenvalue weighted by Crippen LogP contribution is -2.26. The maximum atomic E-state index is 6.36. The van der Waals surface area contributed by atoms with Crippen LogP contribution in [-0.4, -0.2) is 9.78 Å². The number of nitrogens with zero attached hydrogens (tertiary/aromatic N) is 2. The van der Waals surface area contributed by atoms with Gasteiger partial charge in [-0.25, -0.2) is 0 Å². The highest BCUT2D eigenvalue weighted by Crippen LogP contribution is 2.49. The number of nitrogen functional groups attached to an aromatic ring is 1. The summed E-state index contributed by atoms with van der Waals surface area (Å²) in [5.74, 6) is 1.49. The van der Waals surface area contributed by atoms with Crippen LogP contribution in [-0.2, 0) is 12.5 Å². The molecule has 0 aromatic carbocycles. The number of anilines is 1. The molecule has 1 aliphatic carbocycles. The summed E-state index contributed by atoms with van der Waals surface area (Å²) in [6.07, 6.45) is 6.34. The Hall–Kier alpha value is -1.29. The number of hydrogen-bond donors (Lipinski definition) is 1. The van der Waals surface area contributed by atoms with E-state index in [0.29, 0.717) is 5.92 Å². The Bertz CT molecular complexity index is 604. The number of aryl methyl sites for hydroxylation is 1. The molecule has 2 heterocycles. The molecule has 1 aliphatic rings. The highest BCUT2D eigenvalue weighted by atomic mass is 32.1. The molecule has 0 amide bonds. The summed E-state index contributed by atoms with van der Waals surface area (Å²) in [6.45, 7) is 4.63. The number of nitrogens with two attached hydrogens (primary N) is 1. The molecule has 2 aromatic rings. The van der Waals surface area contributed by atoms with Crippen molar-refractivity contribution in [1.29, 1.82) is 0 Å². The number of aromatic nitrogens is 2. The van der Waals surface area contributed by atoms with Crippen LogP contribution < -0.4 is 5.73 Å². The van der Waals surface area contributed by atoms with Gasteiger partial charge in [0.25, 0.3) is 0 Å². The average molecular weight is 303 g/mol. The van der Waals surface area contributed by atoms with Crippen LogP contribution in [0.5, 0.6) is 0 Å². The zero-order chi connectivity index (χ0) is 15.0. The van der Waals surface area contributed by atoms with Crippen LogP contribution in [0.2, 0.25) is 0 Å². The van der Waals surface area contributed by atoms with Crippen LogP contribution in [0.15, 0.2) is 17.5 Å². The second-order valence-electron chi connectivity index (χ2n) is 6.80. The van der Waals surface area contributed by atoms with Gasteiger partial charge in [0.2, 0.25) is 0 Å². The minimum atomic E-state index is 0.225. The second kappa shape index (κ2) is 5.48. The summed E-state index contributed by atoms with van der Waals surface area (Å²) in [6, 6.07) is 4.26. The normalized spacial score (nSPS) is 17.7. The predicted molar refractivity (Wildman–Crippen MR) is 90.5 cm³/mol. The third kappa shape index (κ3) is 2.50. The zero-order valence-corrected chi connectivity index (χ0v) is 14.0. The molecule has 21 heavy (non-hydrogen) atoms.